The lowest BCUT2D eigenvalue weighted by Gasteiger charge is -2.29. The maximum atomic E-state index is 12.8. The summed E-state index contributed by atoms with van der Waals surface area (Å²) in [6.07, 6.45) is 1.61. The summed E-state index contributed by atoms with van der Waals surface area (Å²) in [5.74, 6) is 0.968. The van der Waals surface area contributed by atoms with Gasteiger partial charge in [0.25, 0.3) is 10.0 Å². The first-order valence-electron chi connectivity index (χ1n) is 8.48. The van der Waals surface area contributed by atoms with Gasteiger partial charge in [0.1, 0.15) is 4.21 Å². The van der Waals surface area contributed by atoms with Crippen molar-refractivity contribution in [3.05, 3.63) is 53.2 Å². The van der Waals surface area contributed by atoms with E-state index in [1.807, 2.05) is 31.2 Å². The van der Waals surface area contributed by atoms with Crippen molar-refractivity contribution in [3.8, 4) is 11.4 Å². The third-order valence-electron chi connectivity index (χ3n) is 4.57. The largest absolute Gasteiger partial charge is 0.339 e. The first-order chi connectivity index (χ1) is 12.5. The van der Waals surface area contributed by atoms with Crippen molar-refractivity contribution in [1.82, 2.24) is 14.4 Å². The van der Waals surface area contributed by atoms with Gasteiger partial charge >= 0.3 is 0 Å². The van der Waals surface area contributed by atoms with E-state index < -0.39 is 10.0 Å². The van der Waals surface area contributed by atoms with E-state index in [0.717, 1.165) is 18.4 Å². The molecule has 3 heterocycles. The molecule has 6 nitrogen and oxygen atoms in total. The first kappa shape index (κ1) is 17.4. The SMILES string of the molecule is Cc1ccc(-c2noc([C@@H]3CCCN(S(=O)(=O)c4cccs4)C3)n2)cc1. The molecule has 3 aromatic rings. The highest BCUT2D eigenvalue weighted by atomic mass is 32.2. The third kappa shape index (κ3) is 3.32. The lowest BCUT2D eigenvalue weighted by Crippen LogP contribution is -2.38. The lowest BCUT2D eigenvalue weighted by molar-refractivity contribution is 0.266. The molecule has 0 saturated carbocycles. The molecule has 0 spiro atoms. The van der Waals surface area contributed by atoms with Crippen molar-refractivity contribution in [2.75, 3.05) is 13.1 Å². The number of piperidine rings is 1. The van der Waals surface area contributed by atoms with Crippen LogP contribution in [0.5, 0.6) is 0 Å². The van der Waals surface area contributed by atoms with Crippen molar-refractivity contribution < 1.29 is 12.9 Å². The summed E-state index contributed by atoms with van der Waals surface area (Å²) < 4.78 is 32.9. The van der Waals surface area contributed by atoms with Crippen molar-refractivity contribution in [2.45, 2.75) is 29.9 Å². The highest BCUT2D eigenvalue weighted by Gasteiger charge is 2.33. The molecule has 0 unspecified atom stereocenters. The maximum Gasteiger partial charge on any atom is 0.252 e. The lowest BCUT2D eigenvalue weighted by atomic mass is 10.00. The Hall–Kier alpha value is -2.03. The quantitative estimate of drug-likeness (QED) is 0.680. The molecule has 2 aromatic heterocycles. The van der Waals surface area contributed by atoms with Gasteiger partial charge in [-0.25, -0.2) is 8.42 Å². The van der Waals surface area contributed by atoms with Crippen LogP contribution in [-0.4, -0.2) is 36.0 Å². The molecule has 1 aromatic carbocycles. The zero-order chi connectivity index (χ0) is 18.1. The fourth-order valence-corrected chi connectivity index (χ4v) is 5.79. The number of aryl methyl sites for hydroxylation is 1. The van der Waals surface area contributed by atoms with E-state index in [1.165, 1.54) is 21.2 Å². The summed E-state index contributed by atoms with van der Waals surface area (Å²) in [4.78, 5) is 4.52. The van der Waals surface area contributed by atoms with Crippen LogP contribution < -0.4 is 0 Å². The third-order valence-corrected chi connectivity index (χ3v) is 7.81. The van der Waals surface area contributed by atoms with Crippen molar-refractivity contribution in [1.29, 1.82) is 0 Å². The molecule has 136 valence electrons. The Morgan fingerprint density at radius 2 is 2.04 bits per heavy atom. The van der Waals surface area contributed by atoms with Crippen LogP contribution in [0.2, 0.25) is 0 Å². The molecule has 8 heteroatoms. The second-order valence-corrected chi connectivity index (χ2v) is 9.57. The molecule has 1 fully saturated rings. The van der Waals surface area contributed by atoms with Crippen LogP contribution >= 0.6 is 11.3 Å². The van der Waals surface area contributed by atoms with E-state index in [1.54, 1.807) is 17.5 Å². The van der Waals surface area contributed by atoms with E-state index in [0.29, 0.717) is 29.0 Å². The van der Waals surface area contributed by atoms with Crippen molar-refractivity contribution in [2.24, 2.45) is 0 Å². The fraction of sp³-hybridized carbons (Fsp3) is 0.333. The Bertz CT molecular complexity index is 979. The van der Waals surface area contributed by atoms with Crippen LogP contribution in [0.1, 0.15) is 30.2 Å². The van der Waals surface area contributed by atoms with Crippen LogP contribution in [0, 0.1) is 6.92 Å². The minimum atomic E-state index is -3.45. The number of rotatable bonds is 4. The van der Waals surface area contributed by atoms with Crippen LogP contribution in [-0.2, 0) is 10.0 Å². The van der Waals surface area contributed by atoms with Crippen molar-refractivity contribution >= 4 is 21.4 Å². The van der Waals surface area contributed by atoms with E-state index in [9.17, 15) is 8.42 Å². The number of thiophene rings is 1. The molecule has 1 saturated heterocycles. The number of benzene rings is 1. The normalized spacial score (nSPS) is 18.9. The summed E-state index contributed by atoms with van der Waals surface area (Å²) in [5, 5.41) is 5.85. The molecule has 1 aliphatic rings. The number of hydrogen-bond acceptors (Lipinski definition) is 6. The average Bonchev–Trinajstić information content (AvgIpc) is 3.35. The van der Waals surface area contributed by atoms with Crippen LogP contribution in [0.3, 0.4) is 0 Å². The van der Waals surface area contributed by atoms with Gasteiger partial charge in [-0.3, -0.25) is 0 Å². The van der Waals surface area contributed by atoms with E-state index in [-0.39, 0.29) is 5.92 Å². The predicted molar refractivity (Wildman–Crippen MR) is 99.5 cm³/mol. The van der Waals surface area contributed by atoms with Gasteiger partial charge in [-0.05, 0) is 31.2 Å². The average molecular weight is 390 g/mol. The molecule has 0 amide bonds. The molecule has 4 rings (SSSR count). The zero-order valence-corrected chi connectivity index (χ0v) is 16.0. The van der Waals surface area contributed by atoms with Gasteiger partial charge < -0.3 is 4.52 Å². The van der Waals surface area contributed by atoms with Crippen LogP contribution in [0.4, 0.5) is 0 Å². The Labute approximate surface area is 156 Å². The molecule has 0 aliphatic carbocycles. The second kappa shape index (κ2) is 6.94. The molecule has 26 heavy (non-hydrogen) atoms. The summed E-state index contributed by atoms with van der Waals surface area (Å²) >= 11 is 1.24. The van der Waals surface area contributed by atoms with Crippen LogP contribution in [0.25, 0.3) is 11.4 Å². The van der Waals surface area contributed by atoms with E-state index in [4.69, 9.17) is 4.52 Å². The summed E-state index contributed by atoms with van der Waals surface area (Å²) in [7, 11) is -3.45. The maximum absolute atomic E-state index is 12.8. The Balaban J connectivity index is 1.54. The number of nitrogens with zero attached hydrogens (tertiary/aromatic N) is 3. The molecular formula is C18H19N3O3S2. The minimum Gasteiger partial charge on any atom is -0.339 e. The molecule has 1 atom stereocenters. The number of sulfonamides is 1. The number of hydrogen-bond donors (Lipinski definition) is 0. The summed E-state index contributed by atoms with van der Waals surface area (Å²) in [5.41, 5.74) is 2.06. The van der Waals surface area contributed by atoms with Crippen LogP contribution in [0.15, 0.2) is 50.5 Å². The predicted octanol–water partition coefficient (Wildman–Crippen LogP) is 3.67. The smallest absolute Gasteiger partial charge is 0.252 e. The van der Waals surface area contributed by atoms with Gasteiger partial charge in [0.2, 0.25) is 11.7 Å². The fourth-order valence-electron chi connectivity index (χ4n) is 3.12. The summed E-state index contributed by atoms with van der Waals surface area (Å²) in [6, 6.07) is 11.3. The van der Waals surface area contributed by atoms with Crippen molar-refractivity contribution in [3.63, 3.8) is 0 Å². The standard InChI is InChI=1S/C18H19N3O3S2/c1-13-6-8-14(9-7-13)17-19-18(24-20-17)15-4-2-10-21(12-15)26(22,23)16-5-3-11-25-16/h3,5-9,11,15H,2,4,10,12H2,1H3/t15-/m1/s1. The summed E-state index contributed by atoms with van der Waals surface area (Å²) in [6.45, 7) is 2.92. The molecule has 0 bridgehead atoms. The van der Waals surface area contributed by atoms with E-state index in [2.05, 4.69) is 10.1 Å². The van der Waals surface area contributed by atoms with E-state index >= 15 is 0 Å². The molecule has 0 radical (unpaired) electrons. The van der Waals surface area contributed by atoms with Gasteiger partial charge in [-0.1, -0.05) is 41.1 Å². The van der Waals surface area contributed by atoms with Gasteiger partial charge in [0, 0.05) is 18.7 Å². The second-order valence-electron chi connectivity index (χ2n) is 6.46. The first-order valence-corrected chi connectivity index (χ1v) is 10.8. The van der Waals surface area contributed by atoms with Gasteiger partial charge in [-0.2, -0.15) is 9.29 Å². The molecule has 1 aliphatic heterocycles. The number of aromatic nitrogens is 2. The zero-order valence-electron chi connectivity index (χ0n) is 14.3. The molecule has 0 N–H and O–H groups in total. The Morgan fingerprint density at radius 1 is 1.23 bits per heavy atom. The minimum absolute atomic E-state index is 0.0785. The van der Waals surface area contributed by atoms with Gasteiger partial charge in [0.05, 0.1) is 5.92 Å². The topological polar surface area (TPSA) is 76.3 Å². The Kier molecular flexibility index (Phi) is 4.64. The van der Waals surface area contributed by atoms with Gasteiger partial charge in [0.15, 0.2) is 0 Å². The highest BCUT2D eigenvalue weighted by molar-refractivity contribution is 7.91. The highest BCUT2D eigenvalue weighted by Crippen LogP contribution is 2.31. The Morgan fingerprint density at radius 3 is 2.77 bits per heavy atom. The van der Waals surface area contributed by atoms with Gasteiger partial charge in [-0.15, -0.1) is 11.3 Å². The monoisotopic (exact) mass is 389 g/mol. The molecular weight excluding hydrogens is 370 g/mol.